The van der Waals surface area contributed by atoms with Gasteiger partial charge in [0.1, 0.15) is 0 Å². The first-order chi connectivity index (χ1) is 15.4. The molecule has 0 spiro atoms. The zero-order valence-electron chi connectivity index (χ0n) is 18.2. The van der Waals surface area contributed by atoms with E-state index in [2.05, 4.69) is 31.3 Å². The van der Waals surface area contributed by atoms with Gasteiger partial charge >= 0.3 is 0 Å². The molecule has 0 radical (unpaired) electrons. The standard InChI is InChI=1S/C25H25N3O2S2/c1-16(2)18-10-12-19(13-11-18)28(25-27-20-7-4-5-8-23(20)32-25)24(30)15-21(26-17(3)29)22-9-6-14-31-22/h4-14,16,21H,15H2,1-3H3,(H,26,29). The second-order valence-corrected chi connectivity index (χ2v) is 9.90. The van der Waals surface area contributed by atoms with Gasteiger partial charge in [-0.2, -0.15) is 0 Å². The van der Waals surface area contributed by atoms with Crippen molar-refractivity contribution >= 4 is 55.5 Å². The number of carbonyl (C=O) groups excluding carboxylic acids is 2. The van der Waals surface area contributed by atoms with Gasteiger partial charge in [0.25, 0.3) is 0 Å². The number of hydrogen-bond acceptors (Lipinski definition) is 5. The summed E-state index contributed by atoms with van der Waals surface area (Å²) in [5.74, 6) is 0.121. The maximum absolute atomic E-state index is 13.7. The van der Waals surface area contributed by atoms with E-state index >= 15 is 0 Å². The van der Waals surface area contributed by atoms with Gasteiger partial charge in [-0.3, -0.25) is 14.5 Å². The first-order valence-electron chi connectivity index (χ1n) is 10.5. The number of benzene rings is 2. The first-order valence-corrected chi connectivity index (χ1v) is 12.2. The fraction of sp³-hybridized carbons (Fsp3) is 0.240. The molecule has 0 saturated carbocycles. The molecule has 164 valence electrons. The van der Waals surface area contributed by atoms with E-state index in [1.165, 1.54) is 35.2 Å². The Bertz CT molecular complexity index is 1180. The Balaban J connectivity index is 1.72. The third kappa shape index (κ3) is 4.89. The Morgan fingerprint density at radius 1 is 1.03 bits per heavy atom. The molecule has 5 nitrogen and oxygen atoms in total. The predicted octanol–water partition coefficient (Wildman–Crippen LogP) is 6.41. The van der Waals surface area contributed by atoms with Crippen molar-refractivity contribution in [2.24, 2.45) is 0 Å². The number of aromatic nitrogens is 1. The zero-order valence-corrected chi connectivity index (χ0v) is 19.9. The average molecular weight is 464 g/mol. The number of rotatable bonds is 7. The SMILES string of the molecule is CC(=O)NC(CC(=O)N(c1ccc(C(C)C)cc1)c1nc2ccccc2s1)c1cccs1. The fourth-order valence-electron chi connectivity index (χ4n) is 3.55. The van der Waals surface area contributed by atoms with E-state index in [0.29, 0.717) is 11.0 Å². The predicted molar refractivity (Wildman–Crippen MR) is 133 cm³/mol. The highest BCUT2D eigenvalue weighted by Crippen LogP contribution is 2.35. The number of hydrogen-bond donors (Lipinski definition) is 1. The molecule has 32 heavy (non-hydrogen) atoms. The minimum Gasteiger partial charge on any atom is -0.348 e. The van der Waals surface area contributed by atoms with Crippen molar-refractivity contribution in [1.29, 1.82) is 0 Å². The van der Waals surface area contributed by atoms with Crippen LogP contribution in [0.3, 0.4) is 0 Å². The smallest absolute Gasteiger partial charge is 0.235 e. The molecule has 2 aromatic carbocycles. The summed E-state index contributed by atoms with van der Waals surface area (Å²) >= 11 is 3.02. The molecule has 1 N–H and O–H groups in total. The zero-order chi connectivity index (χ0) is 22.7. The van der Waals surface area contributed by atoms with E-state index in [4.69, 9.17) is 4.98 Å². The van der Waals surface area contributed by atoms with Crippen molar-refractivity contribution in [3.8, 4) is 0 Å². The van der Waals surface area contributed by atoms with Crippen LogP contribution in [-0.4, -0.2) is 16.8 Å². The highest BCUT2D eigenvalue weighted by molar-refractivity contribution is 7.22. The number of thiophene rings is 1. The number of amides is 2. The van der Waals surface area contributed by atoms with Crippen LogP contribution in [0.15, 0.2) is 66.0 Å². The Hall–Kier alpha value is -3.03. The van der Waals surface area contributed by atoms with Gasteiger partial charge in [-0.1, -0.05) is 55.5 Å². The van der Waals surface area contributed by atoms with E-state index in [1.54, 1.807) is 4.90 Å². The molecule has 0 aliphatic rings. The molecule has 1 atom stereocenters. The summed E-state index contributed by atoms with van der Waals surface area (Å²) in [7, 11) is 0. The van der Waals surface area contributed by atoms with Gasteiger partial charge in [-0.25, -0.2) is 4.98 Å². The van der Waals surface area contributed by atoms with Crippen LogP contribution in [0, 0.1) is 0 Å². The van der Waals surface area contributed by atoms with Crippen LogP contribution in [0.5, 0.6) is 0 Å². The summed E-state index contributed by atoms with van der Waals surface area (Å²) in [6, 6.07) is 19.4. The van der Waals surface area contributed by atoms with Crippen LogP contribution in [-0.2, 0) is 9.59 Å². The van der Waals surface area contributed by atoms with Gasteiger partial charge in [0.05, 0.1) is 28.4 Å². The molecule has 0 bridgehead atoms. The molecule has 2 heterocycles. The Kier molecular flexibility index (Phi) is 6.67. The normalized spacial score (nSPS) is 12.1. The number of nitrogens with one attached hydrogen (secondary N) is 1. The molecule has 2 amide bonds. The van der Waals surface area contributed by atoms with Gasteiger partial charge < -0.3 is 5.32 Å². The lowest BCUT2D eigenvalue weighted by molar-refractivity contribution is -0.121. The minimum atomic E-state index is -0.383. The molecule has 0 saturated heterocycles. The van der Waals surface area contributed by atoms with Crippen molar-refractivity contribution in [3.63, 3.8) is 0 Å². The van der Waals surface area contributed by atoms with Crippen molar-refractivity contribution in [3.05, 3.63) is 76.5 Å². The van der Waals surface area contributed by atoms with E-state index in [0.717, 1.165) is 20.8 Å². The quantitative estimate of drug-likeness (QED) is 0.344. The van der Waals surface area contributed by atoms with E-state index in [1.807, 2.05) is 53.9 Å². The molecule has 0 aliphatic carbocycles. The van der Waals surface area contributed by atoms with E-state index in [9.17, 15) is 9.59 Å². The van der Waals surface area contributed by atoms with Gasteiger partial charge in [0, 0.05) is 11.8 Å². The van der Waals surface area contributed by atoms with Gasteiger partial charge in [-0.05, 0) is 47.2 Å². The highest BCUT2D eigenvalue weighted by atomic mass is 32.1. The molecule has 2 aromatic heterocycles. The fourth-order valence-corrected chi connectivity index (χ4v) is 5.33. The van der Waals surface area contributed by atoms with Crippen LogP contribution >= 0.6 is 22.7 Å². The molecule has 4 aromatic rings. The molecular weight excluding hydrogens is 438 g/mol. The van der Waals surface area contributed by atoms with Crippen LogP contribution < -0.4 is 10.2 Å². The number of nitrogens with zero attached hydrogens (tertiary/aromatic N) is 2. The Labute approximate surface area is 195 Å². The third-order valence-corrected chi connectivity index (χ3v) is 7.19. The largest absolute Gasteiger partial charge is 0.348 e. The molecule has 0 fully saturated rings. The molecule has 1 unspecified atom stereocenters. The molecule has 0 aliphatic heterocycles. The molecule has 4 rings (SSSR count). The number of fused-ring (bicyclic) bond motifs is 1. The number of carbonyl (C=O) groups is 2. The average Bonchev–Trinajstić information content (AvgIpc) is 3.43. The van der Waals surface area contributed by atoms with Crippen LogP contribution in [0.2, 0.25) is 0 Å². The van der Waals surface area contributed by atoms with E-state index < -0.39 is 0 Å². The van der Waals surface area contributed by atoms with Gasteiger partial charge in [0.2, 0.25) is 11.8 Å². The summed E-state index contributed by atoms with van der Waals surface area (Å²) in [6.07, 6.45) is 0.141. The minimum absolute atomic E-state index is 0.117. The number of anilines is 2. The second-order valence-electron chi connectivity index (χ2n) is 7.91. The lowest BCUT2D eigenvalue weighted by atomic mass is 10.0. The van der Waals surface area contributed by atoms with Crippen molar-refractivity contribution in [1.82, 2.24) is 10.3 Å². The lowest BCUT2D eigenvalue weighted by Gasteiger charge is -2.24. The topological polar surface area (TPSA) is 62.3 Å². The van der Waals surface area contributed by atoms with Crippen molar-refractivity contribution < 1.29 is 9.59 Å². The van der Waals surface area contributed by atoms with Gasteiger partial charge in [-0.15, -0.1) is 11.3 Å². The number of para-hydroxylation sites is 1. The summed E-state index contributed by atoms with van der Waals surface area (Å²) < 4.78 is 1.02. The van der Waals surface area contributed by atoms with Crippen molar-refractivity contribution in [2.75, 3.05) is 4.90 Å². The Morgan fingerprint density at radius 2 is 1.78 bits per heavy atom. The maximum Gasteiger partial charge on any atom is 0.235 e. The van der Waals surface area contributed by atoms with E-state index in [-0.39, 0.29) is 24.3 Å². The maximum atomic E-state index is 13.7. The molecule has 7 heteroatoms. The summed E-state index contributed by atoms with van der Waals surface area (Å²) in [5, 5.41) is 5.50. The number of thiazole rings is 1. The lowest BCUT2D eigenvalue weighted by Crippen LogP contribution is -2.33. The Morgan fingerprint density at radius 3 is 2.41 bits per heavy atom. The second kappa shape index (κ2) is 9.63. The monoisotopic (exact) mass is 463 g/mol. The summed E-state index contributed by atoms with van der Waals surface area (Å²) in [4.78, 5) is 32.9. The van der Waals surface area contributed by atoms with Crippen LogP contribution in [0.25, 0.3) is 10.2 Å². The van der Waals surface area contributed by atoms with Crippen molar-refractivity contribution in [2.45, 2.75) is 39.2 Å². The molecular formula is C25H25N3O2S2. The highest BCUT2D eigenvalue weighted by Gasteiger charge is 2.26. The van der Waals surface area contributed by atoms with Crippen LogP contribution in [0.4, 0.5) is 10.8 Å². The van der Waals surface area contributed by atoms with Crippen LogP contribution in [0.1, 0.15) is 49.6 Å². The van der Waals surface area contributed by atoms with Gasteiger partial charge in [0.15, 0.2) is 5.13 Å². The summed E-state index contributed by atoms with van der Waals surface area (Å²) in [5.41, 5.74) is 2.84. The third-order valence-electron chi connectivity index (χ3n) is 5.18. The first kappa shape index (κ1) is 22.2. The summed E-state index contributed by atoms with van der Waals surface area (Å²) in [6.45, 7) is 5.76.